The Hall–Kier alpha value is -3.78. The summed E-state index contributed by atoms with van der Waals surface area (Å²) in [5, 5.41) is 0. The largest absolute Gasteiger partial charge is 0.246 e. The van der Waals surface area contributed by atoms with Gasteiger partial charge in [-0.1, -0.05) is 125 Å². The van der Waals surface area contributed by atoms with Crippen LogP contribution in [0.1, 0.15) is 61.8 Å². The normalized spacial score (nSPS) is 12.4. The number of hydrogen-bond acceptors (Lipinski definition) is 2. The molecule has 0 aromatic heterocycles. The molecule has 2 nitrogen and oxygen atoms in total. The summed E-state index contributed by atoms with van der Waals surface area (Å²) < 4.78 is 0. The molecule has 0 fully saturated rings. The molecule has 0 N–H and O–H groups in total. The smallest absolute Gasteiger partial charge is 0.0972 e. The van der Waals surface area contributed by atoms with Gasteiger partial charge in [0.2, 0.25) is 0 Å². The van der Waals surface area contributed by atoms with Crippen LogP contribution in [0.4, 0.5) is 11.4 Å². The van der Waals surface area contributed by atoms with Gasteiger partial charge in [0.25, 0.3) is 0 Å². The zero-order chi connectivity index (χ0) is 23.9. The number of nitrogens with zero attached hydrogens (tertiary/aromatic N) is 2. The monoisotopic (exact) mass is 444 g/mol. The Morgan fingerprint density at radius 1 is 0.441 bits per heavy atom. The lowest BCUT2D eigenvalue weighted by atomic mass is 9.97. The number of aliphatic imine (C=N–C) groups is 2. The van der Waals surface area contributed by atoms with Crippen LogP contribution in [0, 0.1) is 0 Å². The van der Waals surface area contributed by atoms with E-state index < -0.39 is 0 Å². The average Bonchev–Trinajstić information content (AvgIpc) is 2.87. The molecule has 0 unspecified atom stereocenters. The van der Waals surface area contributed by atoms with Gasteiger partial charge in [0, 0.05) is 11.1 Å². The summed E-state index contributed by atoms with van der Waals surface area (Å²) in [4.78, 5) is 10.6. The van der Waals surface area contributed by atoms with Gasteiger partial charge < -0.3 is 0 Å². The fourth-order valence-corrected chi connectivity index (χ4v) is 4.10. The standard InChI is InChI=1S/C32H32N2/c1-23(2)27-19-11-13-21-29(27)33-31(25-15-7-5-8-16-25)32(26-17-9-6-10-18-26)34-30-22-14-12-20-28(30)24(3)4/h5-24H,1-4H3. The minimum atomic E-state index is 0.371. The van der Waals surface area contributed by atoms with Gasteiger partial charge in [0.1, 0.15) is 0 Å². The van der Waals surface area contributed by atoms with Crippen molar-refractivity contribution in [3.8, 4) is 0 Å². The second kappa shape index (κ2) is 10.9. The molecule has 0 saturated carbocycles. The first kappa shape index (κ1) is 23.4. The molecule has 34 heavy (non-hydrogen) atoms. The van der Waals surface area contributed by atoms with E-state index in [2.05, 4.69) is 125 Å². The molecule has 0 spiro atoms. The fraction of sp³-hybridized carbons (Fsp3) is 0.188. The Morgan fingerprint density at radius 2 is 0.765 bits per heavy atom. The molecule has 0 bridgehead atoms. The first-order valence-corrected chi connectivity index (χ1v) is 12.0. The van der Waals surface area contributed by atoms with Gasteiger partial charge in [-0.2, -0.15) is 0 Å². The molecule has 2 heteroatoms. The van der Waals surface area contributed by atoms with Crippen molar-refractivity contribution >= 4 is 22.8 Å². The number of hydrogen-bond donors (Lipinski definition) is 0. The molecule has 0 radical (unpaired) electrons. The predicted molar refractivity (Wildman–Crippen MR) is 146 cm³/mol. The summed E-state index contributed by atoms with van der Waals surface area (Å²) in [7, 11) is 0. The van der Waals surface area contributed by atoms with E-state index in [-0.39, 0.29) is 0 Å². The minimum absolute atomic E-state index is 0.371. The second-order valence-electron chi connectivity index (χ2n) is 9.08. The Bertz CT molecular complexity index is 1180. The van der Waals surface area contributed by atoms with Crippen LogP contribution in [0.2, 0.25) is 0 Å². The summed E-state index contributed by atoms with van der Waals surface area (Å²) in [6.45, 7) is 8.84. The van der Waals surface area contributed by atoms with Gasteiger partial charge in [0.15, 0.2) is 0 Å². The van der Waals surface area contributed by atoms with Crippen molar-refractivity contribution in [3.05, 3.63) is 131 Å². The topological polar surface area (TPSA) is 24.7 Å². The predicted octanol–water partition coefficient (Wildman–Crippen LogP) is 8.88. The first-order chi connectivity index (χ1) is 16.5. The lowest BCUT2D eigenvalue weighted by Gasteiger charge is -2.16. The molecule has 0 aliphatic rings. The van der Waals surface area contributed by atoms with E-state index >= 15 is 0 Å². The van der Waals surface area contributed by atoms with Gasteiger partial charge in [-0.25, -0.2) is 9.98 Å². The third-order valence-corrected chi connectivity index (χ3v) is 5.90. The Labute approximate surface area is 203 Å². The molecular weight excluding hydrogens is 412 g/mol. The van der Waals surface area contributed by atoms with E-state index in [1.54, 1.807) is 0 Å². The molecule has 4 rings (SSSR count). The summed E-state index contributed by atoms with van der Waals surface area (Å²) in [6.07, 6.45) is 0. The maximum Gasteiger partial charge on any atom is 0.0972 e. The highest BCUT2D eigenvalue weighted by molar-refractivity contribution is 6.54. The van der Waals surface area contributed by atoms with Crippen molar-refractivity contribution in [2.24, 2.45) is 9.98 Å². The van der Waals surface area contributed by atoms with E-state index in [4.69, 9.17) is 9.98 Å². The maximum absolute atomic E-state index is 5.28. The Balaban J connectivity index is 2.02. The van der Waals surface area contributed by atoms with Gasteiger partial charge in [-0.3, -0.25) is 0 Å². The molecule has 0 heterocycles. The van der Waals surface area contributed by atoms with Crippen LogP contribution in [0.5, 0.6) is 0 Å². The van der Waals surface area contributed by atoms with Gasteiger partial charge in [0.05, 0.1) is 22.8 Å². The third kappa shape index (κ3) is 5.40. The molecule has 4 aromatic rings. The summed E-state index contributed by atoms with van der Waals surface area (Å²) in [5.74, 6) is 0.742. The molecule has 0 aliphatic carbocycles. The van der Waals surface area contributed by atoms with Crippen molar-refractivity contribution < 1.29 is 0 Å². The highest BCUT2D eigenvalue weighted by Crippen LogP contribution is 2.30. The molecule has 0 saturated heterocycles. The summed E-state index contributed by atoms with van der Waals surface area (Å²) in [5.41, 5.74) is 8.26. The van der Waals surface area contributed by atoms with Crippen molar-refractivity contribution in [1.82, 2.24) is 0 Å². The maximum atomic E-state index is 5.28. The molecule has 0 amide bonds. The van der Waals surface area contributed by atoms with Crippen LogP contribution < -0.4 is 0 Å². The Morgan fingerprint density at radius 3 is 1.12 bits per heavy atom. The molecule has 0 atom stereocenters. The van der Waals surface area contributed by atoms with Crippen LogP contribution in [0.3, 0.4) is 0 Å². The highest BCUT2D eigenvalue weighted by atomic mass is 14.8. The van der Waals surface area contributed by atoms with Crippen molar-refractivity contribution in [1.29, 1.82) is 0 Å². The van der Waals surface area contributed by atoms with E-state index in [1.807, 2.05) is 12.1 Å². The first-order valence-electron chi connectivity index (χ1n) is 12.0. The lowest BCUT2D eigenvalue weighted by molar-refractivity contribution is 0.866. The van der Waals surface area contributed by atoms with Crippen molar-refractivity contribution in [2.45, 2.75) is 39.5 Å². The SMILES string of the molecule is CC(C)c1ccccc1N=C(C(=Nc1ccccc1C(C)C)c1ccccc1)c1ccccc1. The molecule has 4 aromatic carbocycles. The fourth-order valence-electron chi connectivity index (χ4n) is 4.10. The number of benzene rings is 4. The minimum Gasteiger partial charge on any atom is -0.246 e. The van der Waals surface area contributed by atoms with E-state index in [9.17, 15) is 0 Å². The zero-order valence-electron chi connectivity index (χ0n) is 20.4. The average molecular weight is 445 g/mol. The van der Waals surface area contributed by atoms with Crippen LogP contribution in [-0.4, -0.2) is 11.4 Å². The lowest BCUT2D eigenvalue weighted by Crippen LogP contribution is -2.17. The molecular formula is C32H32N2. The van der Waals surface area contributed by atoms with Gasteiger partial charge in [-0.15, -0.1) is 0 Å². The second-order valence-corrected chi connectivity index (χ2v) is 9.08. The molecule has 0 aliphatic heterocycles. The quantitative estimate of drug-likeness (QED) is 0.254. The van der Waals surface area contributed by atoms with E-state index in [0.717, 1.165) is 33.9 Å². The van der Waals surface area contributed by atoms with Crippen LogP contribution in [0.15, 0.2) is 119 Å². The molecule has 170 valence electrons. The van der Waals surface area contributed by atoms with Crippen molar-refractivity contribution in [2.75, 3.05) is 0 Å². The Kier molecular flexibility index (Phi) is 7.49. The van der Waals surface area contributed by atoms with Crippen LogP contribution in [0.25, 0.3) is 0 Å². The van der Waals surface area contributed by atoms with Crippen molar-refractivity contribution in [3.63, 3.8) is 0 Å². The highest BCUT2D eigenvalue weighted by Gasteiger charge is 2.17. The third-order valence-electron chi connectivity index (χ3n) is 5.90. The van der Waals surface area contributed by atoms with E-state index in [0.29, 0.717) is 11.8 Å². The number of rotatable bonds is 7. The van der Waals surface area contributed by atoms with Crippen LogP contribution >= 0.6 is 0 Å². The van der Waals surface area contributed by atoms with Crippen LogP contribution in [-0.2, 0) is 0 Å². The summed E-state index contributed by atoms with van der Waals surface area (Å²) >= 11 is 0. The van der Waals surface area contributed by atoms with E-state index in [1.165, 1.54) is 11.1 Å². The zero-order valence-corrected chi connectivity index (χ0v) is 20.4. The van der Waals surface area contributed by atoms with Gasteiger partial charge >= 0.3 is 0 Å². The summed E-state index contributed by atoms with van der Waals surface area (Å²) in [6, 6.07) is 37.6. The number of para-hydroxylation sites is 2. The van der Waals surface area contributed by atoms with Gasteiger partial charge in [-0.05, 0) is 35.1 Å².